The van der Waals surface area contributed by atoms with E-state index in [0.717, 1.165) is 22.4 Å². The van der Waals surface area contributed by atoms with Gasteiger partial charge in [0.05, 0.1) is 24.8 Å². The van der Waals surface area contributed by atoms with E-state index in [4.69, 9.17) is 14.6 Å². The standard InChI is InChI=1S/C27H26N2O5S/c1-33-23-10-13-26(34-2)21(17-23)16-22-18-25(20-6-4-3-5-7-20)29(27(22)30)15-14-19-8-11-24(12-9-19)35(28,31)32/h3-13,16-18H,14-15H2,1-2H3,(H2,28,31,32)/b22-16-. The van der Waals surface area contributed by atoms with Gasteiger partial charge in [-0.3, -0.25) is 4.79 Å². The Hall–Kier alpha value is -3.88. The third kappa shape index (κ3) is 5.45. The minimum Gasteiger partial charge on any atom is -0.497 e. The first-order chi connectivity index (χ1) is 16.8. The van der Waals surface area contributed by atoms with Crippen molar-refractivity contribution in [1.29, 1.82) is 0 Å². The van der Waals surface area contributed by atoms with Crippen LogP contribution in [0.15, 0.2) is 89.3 Å². The lowest BCUT2D eigenvalue weighted by molar-refractivity contribution is -0.122. The third-order valence-electron chi connectivity index (χ3n) is 5.77. The number of hydrogen-bond acceptors (Lipinski definition) is 5. The Morgan fingerprint density at radius 3 is 2.29 bits per heavy atom. The summed E-state index contributed by atoms with van der Waals surface area (Å²) in [7, 11) is -0.582. The molecule has 1 heterocycles. The van der Waals surface area contributed by atoms with Crippen LogP contribution < -0.4 is 14.6 Å². The molecule has 3 aromatic carbocycles. The molecule has 0 saturated carbocycles. The number of nitrogens with zero attached hydrogens (tertiary/aromatic N) is 1. The molecule has 7 nitrogen and oxygen atoms in total. The Morgan fingerprint density at radius 1 is 0.943 bits per heavy atom. The molecular formula is C27H26N2O5S. The molecule has 1 aliphatic heterocycles. The van der Waals surface area contributed by atoms with Crippen molar-refractivity contribution in [3.05, 3.63) is 101 Å². The molecule has 0 spiro atoms. The molecule has 0 aliphatic carbocycles. The van der Waals surface area contributed by atoms with Crippen LogP contribution >= 0.6 is 0 Å². The zero-order chi connectivity index (χ0) is 25.0. The van der Waals surface area contributed by atoms with Crippen molar-refractivity contribution >= 4 is 27.7 Å². The number of primary sulfonamides is 1. The van der Waals surface area contributed by atoms with Crippen LogP contribution in [0.25, 0.3) is 11.8 Å². The molecular weight excluding hydrogens is 464 g/mol. The fraction of sp³-hybridized carbons (Fsp3) is 0.148. The van der Waals surface area contributed by atoms with Crippen molar-refractivity contribution in [2.75, 3.05) is 20.8 Å². The molecule has 1 aliphatic rings. The van der Waals surface area contributed by atoms with Crippen molar-refractivity contribution < 1.29 is 22.7 Å². The molecule has 0 radical (unpaired) electrons. The zero-order valence-electron chi connectivity index (χ0n) is 19.5. The molecule has 35 heavy (non-hydrogen) atoms. The first-order valence-electron chi connectivity index (χ1n) is 10.9. The summed E-state index contributed by atoms with van der Waals surface area (Å²) in [5.41, 5.74) is 3.88. The summed E-state index contributed by atoms with van der Waals surface area (Å²) in [5.74, 6) is 1.17. The van der Waals surface area contributed by atoms with Gasteiger partial charge < -0.3 is 14.4 Å². The lowest BCUT2D eigenvalue weighted by Gasteiger charge is -2.21. The van der Waals surface area contributed by atoms with E-state index in [1.165, 1.54) is 12.1 Å². The first kappa shape index (κ1) is 24.3. The number of carbonyl (C=O) groups excluding carboxylic acids is 1. The molecule has 4 rings (SSSR count). The van der Waals surface area contributed by atoms with Gasteiger partial charge in [-0.1, -0.05) is 42.5 Å². The van der Waals surface area contributed by atoms with Crippen LogP contribution in [0.1, 0.15) is 16.7 Å². The number of amides is 1. The van der Waals surface area contributed by atoms with E-state index in [1.54, 1.807) is 49.5 Å². The Bertz CT molecular complexity index is 1400. The minimum absolute atomic E-state index is 0.0563. The number of hydrogen-bond donors (Lipinski definition) is 1. The molecule has 0 atom stereocenters. The van der Waals surface area contributed by atoms with Crippen molar-refractivity contribution in [3.63, 3.8) is 0 Å². The van der Waals surface area contributed by atoms with Crippen molar-refractivity contribution in [1.82, 2.24) is 4.90 Å². The van der Waals surface area contributed by atoms with Gasteiger partial charge in [0.15, 0.2) is 0 Å². The zero-order valence-corrected chi connectivity index (χ0v) is 20.3. The lowest BCUT2D eigenvalue weighted by Crippen LogP contribution is -2.27. The van der Waals surface area contributed by atoms with Gasteiger partial charge in [-0.15, -0.1) is 0 Å². The first-order valence-corrected chi connectivity index (χ1v) is 12.5. The fourth-order valence-electron chi connectivity index (χ4n) is 3.93. The molecule has 3 aromatic rings. The topological polar surface area (TPSA) is 98.9 Å². The maximum Gasteiger partial charge on any atom is 0.258 e. The summed E-state index contributed by atoms with van der Waals surface area (Å²) < 4.78 is 33.8. The normalized spacial score (nSPS) is 14.8. The third-order valence-corrected chi connectivity index (χ3v) is 6.70. The van der Waals surface area contributed by atoms with Crippen LogP contribution in [0.5, 0.6) is 11.5 Å². The molecule has 0 unspecified atom stereocenters. The van der Waals surface area contributed by atoms with Gasteiger partial charge in [0.2, 0.25) is 10.0 Å². The van der Waals surface area contributed by atoms with Crippen molar-refractivity contribution in [2.45, 2.75) is 11.3 Å². The van der Waals surface area contributed by atoms with Crippen LogP contribution in [-0.2, 0) is 21.2 Å². The summed E-state index contributed by atoms with van der Waals surface area (Å²) in [6, 6.07) is 21.5. The quantitative estimate of drug-likeness (QED) is 0.484. The monoisotopic (exact) mass is 490 g/mol. The second-order valence-corrected chi connectivity index (χ2v) is 9.56. The van der Waals surface area contributed by atoms with Crippen LogP contribution in [0.4, 0.5) is 0 Å². The van der Waals surface area contributed by atoms with Gasteiger partial charge in [-0.2, -0.15) is 0 Å². The number of methoxy groups -OCH3 is 2. The number of carbonyl (C=O) groups is 1. The summed E-state index contributed by atoms with van der Waals surface area (Å²) >= 11 is 0. The highest BCUT2D eigenvalue weighted by Crippen LogP contribution is 2.33. The van der Waals surface area contributed by atoms with Crippen LogP contribution in [0.3, 0.4) is 0 Å². The van der Waals surface area contributed by atoms with Gasteiger partial charge in [-0.05, 0) is 60.0 Å². The van der Waals surface area contributed by atoms with E-state index in [1.807, 2.05) is 42.5 Å². The van der Waals surface area contributed by atoms with Gasteiger partial charge >= 0.3 is 0 Å². The highest BCUT2D eigenvalue weighted by molar-refractivity contribution is 7.89. The Balaban J connectivity index is 1.65. The minimum atomic E-state index is -3.75. The molecule has 0 aromatic heterocycles. The molecule has 0 saturated heterocycles. The summed E-state index contributed by atoms with van der Waals surface area (Å²) in [5, 5.41) is 5.19. The summed E-state index contributed by atoms with van der Waals surface area (Å²) in [6.45, 7) is 0.418. The summed E-state index contributed by atoms with van der Waals surface area (Å²) in [4.78, 5) is 15.3. The van der Waals surface area contributed by atoms with Crippen LogP contribution in [0.2, 0.25) is 0 Å². The molecule has 1 amide bonds. The molecule has 8 heteroatoms. The van der Waals surface area contributed by atoms with Gasteiger partial charge in [0.25, 0.3) is 5.91 Å². The average molecular weight is 491 g/mol. The van der Waals surface area contributed by atoms with Gasteiger partial charge in [-0.25, -0.2) is 13.6 Å². The van der Waals surface area contributed by atoms with Crippen LogP contribution in [-0.4, -0.2) is 40.0 Å². The van der Waals surface area contributed by atoms with E-state index in [2.05, 4.69) is 0 Å². The Kier molecular flexibility index (Phi) is 7.04. The second-order valence-electron chi connectivity index (χ2n) is 8.00. The maximum atomic E-state index is 13.5. The predicted molar refractivity (Wildman–Crippen MR) is 135 cm³/mol. The van der Waals surface area contributed by atoms with E-state index in [-0.39, 0.29) is 10.8 Å². The fourth-order valence-corrected chi connectivity index (χ4v) is 4.45. The van der Waals surface area contributed by atoms with Gasteiger partial charge in [0, 0.05) is 17.7 Å². The maximum absolute atomic E-state index is 13.5. The van der Waals surface area contributed by atoms with Crippen molar-refractivity contribution in [3.8, 4) is 11.5 Å². The average Bonchev–Trinajstić information content (AvgIpc) is 3.17. The number of benzene rings is 3. The molecule has 0 bridgehead atoms. The van der Waals surface area contributed by atoms with E-state index < -0.39 is 10.0 Å². The largest absolute Gasteiger partial charge is 0.497 e. The number of ether oxygens (including phenoxy) is 2. The van der Waals surface area contributed by atoms with E-state index in [9.17, 15) is 13.2 Å². The summed E-state index contributed by atoms with van der Waals surface area (Å²) in [6.07, 6.45) is 4.21. The number of rotatable bonds is 8. The highest BCUT2D eigenvalue weighted by atomic mass is 32.2. The molecule has 0 fully saturated rings. The predicted octanol–water partition coefficient (Wildman–Crippen LogP) is 3.86. The van der Waals surface area contributed by atoms with Gasteiger partial charge in [0.1, 0.15) is 11.5 Å². The number of sulfonamides is 1. The van der Waals surface area contributed by atoms with E-state index in [0.29, 0.717) is 30.0 Å². The van der Waals surface area contributed by atoms with E-state index >= 15 is 0 Å². The van der Waals surface area contributed by atoms with Crippen LogP contribution in [0, 0.1) is 0 Å². The molecule has 180 valence electrons. The smallest absolute Gasteiger partial charge is 0.258 e. The second kappa shape index (κ2) is 10.2. The SMILES string of the molecule is COc1ccc(OC)c(/C=C2/C=C(c3ccccc3)N(CCc3ccc(S(N)(=O)=O)cc3)C2=O)c1. The number of nitrogens with two attached hydrogens (primary N) is 1. The highest BCUT2D eigenvalue weighted by Gasteiger charge is 2.29. The lowest BCUT2D eigenvalue weighted by atomic mass is 10.1. The Morgan fingerprint density at radius 2 is 1.66 bits per heavy atom. The Labute approximate surface area is 205 Å². The van der Waals surface area contributed by atoms with Crippen molar-refractivity contribution in [2.24, 2.45) is 5.14 Å². The molecule has 2 N–H and O–H groups in total.